The minimum Gasteiger partial charge on any atom is -0.497 e. The van der Waals surface area contributed by atoms with Crippen LogP contribution >= 0.6 is 0 Å². The number of hydrogen-bond donors (Lipinski definition) is 0. The van der Waals surface area contributed by atoms with E-state index < -0.39 is 5.97 Å². The Hall–Kier alpha value is -3.21. The predicted octanol–water partition coefficient (Wildman–Crippen LogP) is 4.86. The third kappa shape index (κ3) is 4.55. The lowest BCUT2D eigenvalue weighted by Gasteiger charge is -2.10. The van der Waals surface area contributed by atoms with Gasteiger partial charge in [0, 0.05) is 6.07 Å². The molecule has 0 amide bonds. The quantitative estimate of drug-likeness (QED) is 0.372. The second-order valence-corrected chi connectivity index (χ2v) is 6.34. The monoisotopic (exact) mass is 380 g/mol. The third-order valence-corrected chi connectivity index (χ3v) is 4.37. The van der Waals surface area contributed by atoms with Crippen molar-refractivity contribution in [3.05, 3.63) is 65.2 Å². The Labute approximate surface area is 165 Å². The van der Waals surface area contributed by atoms with Crippen molar-refractivity contribution in [2.24, 2.45) is 0 Å². The Bertz CT molecular complexity index is 894. The van der Waals surface area contributed by atoms with Crippen molar-refractivity contribution in [1.82, 2.24) is 0 Å². The van der Waals surface area contributed by atoms with Crippen LogP contribution in [0.4, 0.5) is 0 Å². The maximum atomic E-state index is 12.3. The minimum atomic E-state index is -0.392. The van der Waals surface area contributed by atoms with Crippen LogP contribution in [0.3, 0.4) is 0 Å². The first-order valence-electron chi connectivity index (χ1n) is 9.25. The average molecular weight is 380 g/mol. The normalized spacial score (nSPS) is 14.6. The van der Waals surface area contributed by atoms with Crippen LogP contribution in [0.5, 0.6) is 17.2 Å². The zero-order valence-corrected chi connectivity index (χ0v) is 16.4. The fourth-order valence-electron chi connectivity index (χ4n) is 2.80. The van der Waals surface area contributed by atoms with Gasteiger partial charge >= 0.3 is 5.97 Å². The van der Waals surface area contributed by atoms with Crippen molar-refractivity contribution in [3.8, 4) is 17.2 Å². The van der Waals surface area contributed by atoms with Crippen molar-refractivity contribution in [2.75, 3.05) is 20.8 Å². The van der Waals surface area contributed by atoms with Gasteiger partial charge in [-0.3, -0.25) is 0 Å². The van der Waals surface area contributed by atoms with Crippen molar-refractivity contribution in [3.63, 3.8) is 0 Å². The van der Waals surface area contributed by atoms with Gasteiger partial charge in [0.1, 0.15) is 23.0 Å². The van der Waals surface area contributed by atoms with Gasteiger partial charge in [-0.2, -0.15) is 0 Å². The molecule has 0 saturated heterocycles. The highest BCUT2D eigenvalue weighted by Gasteiger charge is 2.24. The lowest BCUT2D eigenvalue weighted by Crippen LogP contribution is -1.99. The lowest BCUT2D eigenvalue weighted by atomic mass is 10.1. The summed E-state index contributed by atoms with van der Waals surface area (Å²) in [5.74, 6) is 2.13. The van der Waals surface area contributed by atoms with Crippen molar-refractivity contribution < 1.29 is 23.7 Å². The smallest absolute Gasteiger partial charge is 0.343 e. The molecule has 0 unspecified atom stereocenters. The largest absolute Gasteiger partial charge is 0.497 e. The van der Waals surface area contributed by atoms with E-state index in [0.717, 1.165) is 24.2 Å². The number of esters is 1. The zero-order valence-electron chi connectivity index (χ0n) is 16.4. The van der Waals surface area contributed by atoms with Crippen LogP contribution in [0.15, 0.2) is 54.1 Å². The van der Waals surface area contributed by atoms with Gasteiger partial charge in [-0.25, -0.2) is 4.79 Å². The second kappa shape index (κ2) is 9.13. The van der Waals surface area contributed by atoms with Crippen LogP contribution in [0, 0.1) is 0 Å². The lowest BCUT2D eigenvalue weighted by molar-refractivity contribution is -0.130. The molecule has 28 heavy (non-hydrogen) atoms. The number of methoxy groups -OCH3 is 2. The molecule has 2 aromatic rings. The topological polar surface area (TPSA) is 54.0 Å². The summed E-state index contributed by atoms with van der Waals surface area (Å²) in [5, 5.41) is 0. The van der Waals surface area contributed by atoms with E-state index in [2.05, 4.69) is 6.92 Å². The van der Waals surface area contributed by atoms with Crippen LogP contribution in [0.1, 0.15) is 30.9 Å². The molecule has 0 atom stereocenters. The van der Waals surface area contributed by atoms with Gasteiger partial charge in [-0.15, -0.1) is 0 Å². The van der Waals surface area contributed by atoms with Gasteiger partial charge in [-0.1, -0.05) is 25.5 Å². The summed E-state index contributed by atoms with van der Waals surface area (Å²) in [6.45, 7) is 2.84. The summed E-state index contributed by atoms with van der Waals surface area (Å²) in [7, 11) is 3.15. The molecule has 2 aromatic carbocycles. The van der Waals surface area contributed by atoms with Gasteiger partial charge in [0.05, 0.1) is 32.0 Å². The molecular weight excluding hydrogens is 356 g/mol. The van der Waals surface area contributed by atoms with Crippen molar-refractivity contribution >= 4 is 17.8 Å². The Morgan fingerprint density at radius 1 is 1.00 bits per heavy atom. The molecule has 0 N–H and O–H groups in total. The molecule has 0 aliphatic carbocycles. The number of rotatable bonds is 8. The summed E-state index contributed by atoms with van der Waals surface area (Å²) in [6.07, 6.45) is 5.64. The van der Waals surface area contributed by atoms with E-state index in [4.69, 9.17) is 18.9 Å². The van der Waals surface area contributed by atoms with Crippen LogP contribution in [-0.4, -0.2) is 26.8 Å². The molecule has 5 nitrogen and oxygen atoms in total. The highest BCUT2D eigenvalue weighted by Crippen LogP contribution is 2.35. The summed E-state index contributed by atoms with van der Waals surface area (Å²) in [6, 6.07) is 13.0. The highest BCUT2D eigenvalue weighted by atomic mass is 16.5. The van der Waals surface area contributed by atoms with E-state index in [1.165, 1.54) is 0 Å². The Morgan fingerprint density at radius 3 is 2.43 bits per heavy atom. The minimum absolute atomic E-state index is 0.392. The maximum Gasteiger partial charge on any atom is 0.343 e. The Balaban J connectivity index is 1.80. The van der Waals surface area contributed by atoms with Crippen molar-refractivity contribution in [2.45, 2.75) is 19.8 Å². The summed E-state index contributed by atoms with van der Waals surface area (Å²) >= 11 is 0. The zero-order chi connectivity index (χ0) is 19.9. The van der Waals surface area contributed by atoms with Gasteiger partial charge in [0.2, 0.25) is 0 Å². The van der Waals surface area contributed by atoms with Gasteiger partial charge < -0.3 is 18.9 Å². The molecule has 5 heteroatoms. The Kier molecular flexibility index (Phi) is 6.37. The standard InChI is InChI=1S/C23H24O5/c1-4-5-12-27-18-8-6-16(7-9-18)13-17-14-22(28-23(17)24)20-11-10-19(25-2)15-21(20)26-3/h6-11,13-15H,4-5,12H2,1-3H3/b17-13-. The van der Waals surface area contributed by atoms with Crippen molar-refractivity contribution in [1.29, 1.82) is 0 Å². The molecule has 0 aromatic heterocycles. The van der Waals surface area contributed by atoms with Gasteiger partial charge in [0.15, 0.2) is 0 Å². The van der Waals surface area contributed by atoms with Crippen LogP contribution in [0.2, 0.25) is 0 Å². The first-order chi connectivity index (χ1) is 13.6. The number of cyclic esters (lactones) is 1. The van der Waals surface area contributed by atoms with E-state index in [-0.39, 0.29) is 0 Å². The van der Waals surface area contributed by atoms with E-state index >= 15 is 0 Å². The molecule has 3 rings (SSSR count). The van der Waals surface area contributed by atoms with Crippen LogP contribution in [0.25, 0.3) is 11.8 Å². The molecule has 1 aliphatic rings. The van der Waals surface area contributed by atoms with Crippen LogP contribution < -0.4 is 14.2 Å². The van der Waals surface area contributed by atoms with E-state index in [1.807, 2.05) is 30.3 Å². The average Bonchev–Trinajstić information content (AvgIpc) is 3.09. The highest BCUT2D eigenvalue weighted by molar-refractivity contribution is 6.05. The molecule has 1 aliphatic heterocycles. The van der Waals surface area contributed by atoms with Gasteiger partial charge in [-0.05, 0) is 48.4 Å². The first kappa shape index (κ1) is 19.5. The number of carbonyl (C=O) groups is 1. The molecule has 0 fully saturated rings. The molecular formula is C23H24O5. The molecule has 0 saturated carbocycles. The molecule has 0 bridgehead atoms. The SMILES string of the molecule is CCCCOc1ccc(/C=C2/C=C(c3ccc(OC)cc3OC)OC2=O)cc1. The van der Waals surface area contributed by atoms with Crippen LogP contribution in [-0.2, 0) is 9.53 Å². The van der Waals surface area contributed by atoms with E-state index in [1.54, 1.807) is 38.5 Å². The predicted molar refractivity (Wildman–Crippen MR) is 108 cm³/mol. The van der Waals surface area contributed by atoms with E-state index in [0.29, 0.717) is 35.0 Å². The second-order valence-electron chi connectivity index (χ2n) is 6.34. The first-order valence-corrected chi connectivity index (χ1v) is 9.25. The number of hydrogen-bond acceptors (Lipinski definition) is 5. The number of ether oxygens (including phenoxy) is 4. The molecule has 0 radical (unpaired) electrons. The summed E-state index contributed by atoms with van der Waals surface area (Å²) in [5.41, 5.74) is 2.07. The third-order valence-electron chi connectivity index (χ3n) is 4.37. The number of benzene rings is 2. The maximum absolute atomic E-state index is 12.3. The Morgan fingerprint density at radius 2 is 1.75 bits per heavy atom. The summed E-state index contributed by atoms with van der Waals surface area (Å²) < 4.78 is 21.7. The molecule has 0 spiro atoms. The fraction of sp³-hybridized carbons (Fsp3) is 0.261. The number of carbonyl (C=O) groups excluding carboxylic acids is 1. The molecule has 146 valence electrons. The number of unbranched alkanes of at least 4 members (excludes halogenated alkanes) is 1. The van der Waals surface area contributed by atoms with E-state index in [9.17, 15) is 4.79 Å². The molecule has 1 heterocycles. The van der Waals surface area contributed by atoms with Gasteiger partial charge in [0.25, 0.3) is 0 Å². The fourth-order valence-corrected chi connectivity index (χ4v) is 2.80. The summed E-state index contributed by atoms with van der Waals surface area (Å²) in [4.78, 5) is 12.3.